The highest BCUT2D eigenvalue weighted by atomic mass is 35.5. The minimum Gasteiger partial charge on any atom is -0.481 e. The summed E-state index contributed by atoms with van der Waals surface area (Å²) in [7, 11) is 1.65. The van der Waals surface area contributed by atoms with Gasteiger partial charge in [0.1, 0.15) is 5.78 Å². The smallest absolute Gasteiger partial charge is 0.303 e. The number of ketones is 1. The number of carbonyl (C=O) groups is 2. The highest BCUT2D eigenvalue weighted by Gasteiger charge is 2.43. The van der Waals surface area contributed by atoms with E-state index in [1.54, 1.807) is 18.4 Å². The van der Waals surface area contributed by atoms with Crippen LogP contribution in [0.25, 0.3) is 0 Å². The van der Waals surface area contributed by atoms with E-state index in [4.69, 9.17) is 21.4 Å². The molecule has 2 saturated carbocycles. The number of ether oxygens (including phenoxy) is 1. The lowest BCUT2D eigenvalue weighted by atomic mass is 9.62. The fraction of sp³-hybridized carbons (Fsp3) is 0.615. The zero-order valence-electron chi connectivity index (χ0n) is 19.2. The number of unbranched alkanes of at least 4 members (excludes halogenated alkanes) is 1. The van der Waals surface area contributed by atoms with Crippen molar-refractivity contribution in [2.75, 3.05) is 7.11 Å². The van der Waals surface area contributed by atoms with Crippen molar-refractivity contribution in [1.82, 2.24) is 0 Å². The number of halogens is 1. The van der Waals surface area contributed by atoms with Crippen LogP contribution in [-0.2, 0) is 20.7 Å². The normalized spacial score (nSPS) is 25.7. The fourth-order valence-electron chi connectivity index (χ4n) is 5.15. The van der Waals surface area contributed by atoms with E-state index in [2.05, 4.69) is 12.1 Å². The van der Waals surface area contributed by atoms with Gasteiger partial charge in [-0.05, 0) is 57.1 Å². The van der Waals surface area contributed by atoms with E-state index in [0.717, 1.165) is 30.0 Å². The number of thiophene rings is 1. The molecule has 1 unspecified atom stereocenters. The SMILES string of the molecule is CO[C@@H]1CC(=O)[C@H](CC=CCCCC(=O)O)[C@H]1C=CCC(O)C1(Cc2ccc(Cl)s2)CCC1. The van der Waals surface area contributed by atoms with Gasteiger partial charge in [0, 0.05) is 42.1 Å². The molecule has 0 radical (unpaired) electrons. The number of aliphatic carboxylic acids is 1. The predicted octanol–water partition coefficient (Wildman–Crippen LogP) is 5.84. The molecule has 4 atom stereocenters. The molecule has 2 aliphatic carbocycles. The highest BCUT2D eigenvalue weighted by Crippen LogP contribution is 2.48. The molecule has 1 aromatic heterocycles. The van der Waals surface area contributed by atoms with Crippen molar-refractivity contribution < 1.29 is 24.5 Å². The molecule has 0 aliphatic heterocycles. The van der Waals surface area contributed by atoms with Crippen LogP contribution in [0.5, 0.6) is 0 Å². The molecule has 0 aromatic carbocycles. The molecule has 1 heterocycles. The van der Waals surface area contributed by atoms with Crippen molar-refractivity contribution in [2.24, 2.45) is 17.3 Å². The van der Waals surface area contributed by atoms with E-state index < -0.39 is 12.1 Å². The summed E-state index contributed by atoms with van der Waals surface area (Å²) in [5.74, 6) is -0.721. The molecule has 182 valence electrons. The first-order chi connectivity index (χ1) is 15.8. The summed E-state index contributed by atoms with van der Waals surface area (Å²) >= 11 is 7.68. The molecule has 2 aliphatic rings. The zero-order valence-corrected chi connectivity index (χ0v) is 20.8. The summed E-state index contributed by atoms with van der Waals surface area (Å²) in [6.07, 6.45) is 14.6. The number of aliphatic hydroxyl groups excluding tert-OH is 1. The Bertz CT molecular complexity index is 857. The Balaban J connectivity index is 1.56. The summed E-state index contributed by atoms with van der Waals surface area (Å²) in [4.78, 5) is 24.4. The Hall–Kier alpha value is -1.47. The molecular formula is C26H35ClO5S. The van der Waals surface area contributed by atoms with Crippen LogP contribution in [0.15, 0.2) is 36.4 Å². The first kappa shape index (κ1) is 26.1. The summed E-state index contributed by atoms with van der Waals surface area (Å²) in [6, 6.07) is 3.98. The Kier molecular flexibility index (Phi) is 9.74. The van der Waals surface area contributed by atoms with Crippen LogP contribution in [0.3, 0.4) is 0 Å². The van der Waals surface area contributed by atoms with E-state index in [0.29, 0.717) is 32.1 Å². The molecule has 1 aromatic rings. The topological polar surface area (TPSA) is 83.8 Å². The van der Waals surface area contributed by atoms with E-state index >= 15 is 0 Å². The van der Waals surface area contributed by atoms with Crippen molar-refractivity contribution >= 4 is 34.7 Å². The van der Waals surface area contributed by atoms with E-state index in [-0.39, 0.29) is 35.6 Å². The Morgan fingerprint density at radius 2 is 2.12 bits per heavy atom. The van der Waals surface area contributed by atoms with Gasteiger partial charge in [-0.2, -0.15) is 0 Å². The largest absolute Gasteiger partial charge is 0.481 e. The van der Waals surface area contributed by atoms with Gasteiger partial charge in [-0.3, -0.25) is 9.59 Å². The maximum absolute atomic E-state index is 12.6. The average Bonchev–Trinajstić information content (AvgIpc) is 3.29. The van der Waals surface area contributed by atoms with Crippen molar-refractivity contribution in [1.29, 1.82) is 0 Å². The third-order valence-electron chi connectivity index (χ3n) is 7.26. The number of carbonyl (C=O) groups excluding carboxylic acids is 1. The van der Waals surface area contributed by atoms with Crippen LogP contribution < -0.4 is 0 Å². The third-order valence-corrected chi connectivity index (χ3v) is 8.49. The van der Waals surface area contributed by atoms with Crippen LogP contribution >= 0.6 is 22.9 Å². The molecule has 3 rings (SSSR count). The molecule has 7 heteroatoms. The maximum atomic E-state index is 12.6. The van der Waals surface area contributed by atoms with Crippen LogP contribution in [0.2, 0.25) is 4.34 Å². The van der Waals surface area contributed by atoms with E-state index in [1.165, 1.54) is 4.88 Å². The molecule has 0 spiro atoms. The average molecular weight is 495 g/mol. The number of hydrogen-bond donors (Lipinski definition) is 2. The van der Waals surface area contributed by atoms with Gasteiger partial charge in [0.05, 0.1) is 16.5 Å². The number of Topliss-reactive ketones (excluding diaryl/α,β-unsaturated/α-hetero) is 1. The Labute approximate surface area is 205 Å². The van der Waals surface area contributed by atoms with Gasteiger partial charge in [-0.1, -0.05) is 42.3 Å². The second kappa shape index (κ2) is 12.3. The first-order valence-corrected chi connectivity index (χ1v) is 13.1. The van der Waals surface area contributed by atoms with Gasteiger partial charge in [-0.25, -0.2) is 0 Å². The van der Waals surface area contributed by atoms with Gasteiger partial charge >= 0.3 is 5.97 Å². The number of allylic oxidation sites excluding steroid dienone is 2. The molecule has 0 amide bonds. The first-order valence-electron chi connectivity index (χ1n) is 11.9. The second-order valence-electron chi connectivity index (χ2n) is 9.40. The van der Waals surface area contributed by atoms with Crippen LogP contribution in [0, 0.1) is 17.3 Å². The van der Waals surface area contributed by atoms with Gasteiger partial charge in [-0.15, -0.1) is 11.3 Å². The lowest BCUT2D eigenvalue weighted by Gasteiger charge is -2.45. The van der Waals surface area contributed by atoms with Gasteiger partial charge < -0.3 is 14.9 Å². The maximum Gasteiger partial charge on any atom is 0.303 e. The Morgan fingerprint density at radius 3 is 2.73 bits per heavy atom. The van der Waals surface area contributed by atoms with E-state index in [9.17, 15) is 14.7 Å². The number of methoxy groups -OCH3 is 1. The number of carboxylic acid groups (broad SMARTS) is 1. The second-order valence-corrected chi connectivity index (χ2v) is 11.2. The quantitative estimate of drug-likeness (QED) is 0.265. The van der Waals surface area contributed by atoms with Gasteiger partial charge in [0.15, 0.2) is 0 Å². The van der Waals surface area contributed by atoms with Crippen LogP contribution in [0.4, 0.5) is 0 Å². The van der Waals surface area contributed by atoms with Crippen molar-refractivity contribution in [3.05, 3.63) is 45.7 Å². The number of rotatable bonds is 13. The zero-order chi connectivity index (χ0) is 23.8. The number of hydrogen-bond acceptors (Lipinski definition) is 5. The fourth-order valence-corrected chi connectivity index (χ4v) is 6.39. The number of aliphatic hydroxyl groups is 1. The summed E-state index contributed by atoms with van der Waals surface area (Å²) in [6.45, 7) is 0. The molecule has 0 bridgehead atoms. The van der Waals surface area contributed by atoms with Crippen molar-refractivity contribution in [2.45, 2.75) is 76.4 Å². The van der Waals surface area contributed by atoms with Gasteiger partial charge in [0.25, 0.3) is 0 Å². The predicted molar refractivity (Wildman–Crippen MR) is 132 cm³/mol. The van der Waals surface area contributed by atoms with Crippen molar-refractivity contribution in [3.8, 4) is 0 Å². The van der Waals surface area contributed by atoms with Crippen LogP contribution in [-0.4, -0.2) is 41.3 Å². The standard InChI is InChI=1S/C26H35ClO5S/c1-32-22-16-21(28)19(8-4-2-3-5-11-25(30)31)20(22)9-6-10-23(29)26(14-7-15-26)17-18-12-13-24(27)33-18/h2,4,6,9,12-13,19-20,22-23,29H,3,5,7-8,10-11,14-17H2,1H3,(H,30,31)/t19-,20-,22-,23?/m1/s1. The lowest BCUT2D eigenvalue weighted by molar-refractivity contribution is -0.137. The summed E-state index contributed by atoms with van der Waals surface area (Å²) in [5.41, 5.74) is -0.0806. The molecule has 2 fully saturated rings. The monoisotopic (exact) mass is 494 g/mol. The summed E-state index contributed by atoms with van der Waals surface area (Å²) in [5, 5.41) is 19.8. The summed E-state index contributed by atoms with van der Waals surface area (Å²) < 4.78 is 6.38. The van der Waals surface area contributed by atoms with Crippen LogP contribution in [0.1, 0.15) is 62.7 Å². The molecule has 0 saturated heterocycles. The van der Waals surface area contributed by atoms with E-state index in [1.807, 2.05) is 24.3 Å². The molecule has 5 nitrogen and oxygen atoms in total. The molecular weight excluding hydrogens is 460 g/mol. The lowest BCUT2D eigenvalue weighted by Crippen LogP contribution is -2.42. The molecule has 33 heavy (non-hydrogen) atoms. The highest BCUT2D eigenvalue weighted by molar-refractivity contribution is 7.16. The third kappa shape index (κ3) is 7.01. The number of carboxylic acids is 1. The van der Waals surface area contributed by atoms with Gasteiger partial charge in [0.2, 0.25) is 0 Å². The van der Waals surface area contributed by atoms with Crippen molar-refractivity contribution in [3.63, 3.8) is 0 Å². The Morgan fingerprint density at radius 1 is 1.33 bits per heavy atom. The molecule has 2 N–H and O–H groups in total. The minimum atomic E-state index is -0.785. The minimum absolute atomic E-state index is 0.00758.